The van der Waals surface area contributed by atoms with Gasteiger partial charge in [0.2, 0.25) is 0 Å². The summed E-state index contributed by atoms with van der Waals surface area (Å²) in [5, 5.41) is 0. The van der Waals surface area contributed by atoms with Crippen LogP contribution in [0.25, 0.3) is 0 Å². The third-order valence-corrected chi connectivity index (χ3v) is 2.99. The van der Waals surface area contributed by atoms with E-state index in [0.29, 0.717) is 11.3 Å². The van der Waals surface area contributed by atoms with Crippen molar-refractivity contribution in [2.24, 2.45) is 0 Å². The summed E-state index contributed by atoms with van der Waals surface area (Å²) in [6, 6.07) is 6.66. The van der Waals surface area contributed by atoms with E-state index < -0.39 is 30.0 Å². The molecule has 140 valence electrons. The van der Waals surface area contributed by atoms with E-state index in [9.17, 15) is 19.2 Å². The molecule has 0 aliphatic heterocycles. The first-order valence-corrected chi connectivity index (χ1v) is 7.78. The Morgan fingerprint density at radius 2 is 1.65 bits per heavy atom. The summed E-state index contributed by atoms with van der Waals surface area (Å²) in [6.07, 6.45) is 0.257. The first-order valence-electron chi connectivity index (χ1n) is 7.78. The molecule has 0 spiro atoms. The van der Waals surface area contributed by atoms with E-state index in [4.69, 9.17) is 9.47 Å². The molecule has 0 aliphatic rings. The third-order valence-electron chi connectivity index (χ3n) is 2.99. The topological polar surface area (TPSA) is 105 Å². The molecule has 8 heteroatoms. The molecule has 1 aromatic rings. The minimum Gasteiger partial charge on any atom is -0.497 e. The van der Waals surface area contributed by atoms with Crippen LogP contribution in [0.5, 0.6) is 5.75 Å². The second-order valence-electron chi connectivity index (χ2n) is 4.98. The second-order valence-corrected chi connectivity index (χ2v) is 4.98. The van der Waals surface area contributed by atoms with Crippen LogP contribution in [-0.4, -0.2) is 43.7 Å². The highest BCUT2D eigenvalue weighted by atomic mass is 16.6. The maximum absolute atomic E-state index is 11.8. The average Bonchev–Trinajstić information content (AvgIpc) is 2.60. The molecule has 1 rings (SSSR count). The van der Waals surface area contributed by atoms with Gasteiger partial charge in [-0.2, -0.15) is 0 Å². The fraction of sp³-hybridized carbons (Fsp3) is 0.333. The Morgan fingerprint density at radius 1 is 1.04 bits per heavy atom. The molecular formula is C18H20O8. The van der Waals surface area contributed by atoms with Crippen LogP contribution in [0.3, 0.4) is 0 Å². The first kappa shape index (κ1) is 20.9. The van der Waals surface area contributed by atoms with Crippen molar-refractivity contribution >= 4 is 23.9 Å². The van der Waals surface area contributed by atoms with Gasteiger partial charge < -0.3 is 18.9 Å². The average molecular weight is 364 g/mol. The number of hydrogen-bond donors (Lipinski definition) is 0. The van der Waals surface area contributed by atoms with Crippen molar-refractivity contribution in [3.8, 4) is 5.75 Å². The van der Waals surface area contributed by atoms with E-state index in [2.05, 4.69) is 9.47 Å². The molecule has 1 atom stereocenters. The molecule has 0 saturated heterocycles. The van der Waals surface area contributed by atoms with Crippen LogP contribution >= 0.6 is 0 Å². The van der Waals surface area contributed by atoms with Gasteiger partial charge in [0.1, 0.15) is 5.75 Å². The van der Waals surface area contributed by atoms with Crippen molar-refractivity contribution in [1.82, 2.24) is 0 Å². The molecular weight excluding hydrogens is 344 g/mol. The lowest BCUT2D eigenvalue weighted by molar-refractivity contribution is -0.171. The number of methoxy groups -OCH3 is 1. The molecule has 0 N–H and O–H groups in total. The highest BCUT2D eigenvalue weighted by Gasteiger charge is 2.21. The minimum atomic E-state index is -1.31. The lowest BCUT2D eigenvalue weighted by Gasteiger charge is -2.10. The summed E-state index contributed by atoms with van der Waals surface area (Å²) in [4.78, 5) is 46.1. The van der Waals surface area contributed by atoms with Crippen LogP contribution in [0.2, 0.25) is 0 Å². The summed E-state index contributed by atoms with van der Waals surface area (Å²) in [5.74, 6) is -2.82. The molecule has 0 aromatic heterocycles. The summed E-state index contributed by atoms with van der Waals surface area (Å²) >= 11 is 0. The lowest BCUT2D eigenvalue weighted by Crippen LogP contribution is -2.28. The van der Waals surface area contributed by atoms with Crippen LogP contribution in [0.1, 0.15) is 19.4 Å². The molecule has 1 aromatic carbocycles. The van der Waals surface area contributed by atoms with Gasteiger partial charge in [0.05, 0.1) is 20.1 Å². The van der Waals surface area contributed by atoms with Gasteiger partial charge in [0.15, 0.2) is 6.10 Å². The lowest BCUT2D eigenvalue weighted by atomic mass is 10.1. The third kappa shape index (κ3) is 7.61. The number of ether oxygens (including phenoxy) is 4. The predicted molar refractivity (Wildman–Crippen MR) is 89.1 cm³/mol. The van der Waals surface area contributed by atoms with Crippen LogP contribution < -0.4 is 4.74 Å². The number of hydrogen-bond acceptors (Lipinski definition) is 8. The SMILES string of the molecule is CCOC(=O)/C=C/C(=O)OC(C)C(=O)OC(=O)Cc1ccc(OC)cc1. The van der Waals surface area contributed by atoms with Crippen molar-refractivity contribution in [2.45, 2.75) is 26.4 Å². The van der Waals surface area contributed by atoms with Crippen LogP contribution in [-0.2, 0) is 39.8 Å². The fourth-order valence-corrected chi connectivity index (χ4v) is 1.73. The molecule has 0 radical (unpaired) electrons. The van der Waals surface area contributed by atoms with Gasteiger partial charge >= 0.3 is 23.9 Å². The molecule has 0 aliphatic carbocycles. The molecule has 0 amide bonds. The predicted octanol–water partition coefficient (Wildman–Crippen LogP) is 1.36. The van der Waals surface area contributed by atoms with Crippen LogP contribution in [0, 0.1) is 0 Å². The van der Waals surface area contributed by atoms with Crippen molar-refractivity contribution in [2.75, 3.05) is 13.7 Å². The molecule has 0 fully saturated rings. The largest absolute Gasteiger partial charge is 0.497 e. The maximum Gasteiger partial charge on any atom is 0.354 e. The zero-order chi connectivity index (χ0) is 19.5. The Hall–Kier alpha value is -3.16. The van der Waals surface area contributed by atoms with E-state index in [1.54, 1.807) is 31.2 Å². The number of carbonyl (C=O) groups is 4. The van der Waals surface area contributed by atoms with Gasteiger partial charge in [-0.25, -0.2) is 14.4 Å². The summed E-state index contributed by atoms with van der Waals surface area (Å²) in [7, 11) is 1.52. The van der Waals surface area contributed by atoms with Gasteiger partial charge in [-0.3, -0.25) is 4.79 Å². The Labute approximate surface area is 150 Å². The summed E-state index contributed by atoms with van der Waals surface area (Å²) in [5.41, 5.74) is 0.630. The van der Waals surface area contributed by atoms with Crippen molar-refractivity contribution < 1.29 is 38.1 Å². The highest BCUT2D eigenvalue weighted by Crippen LogP contribution is 2.12. The molecule has 8 nitrogen and oxygen atoms in total. The Bertz CT molecular complexity index is 675. The summed E-state index contributed by atoms with van der Waals surface area (Å²) < 4.78 is 19.0. The molecule has 0 bridgehead atoms. The van der Waals surface area contributed by atoms with Gasteiger partial charge in [-0.1, -0.05) is 12.1 Å². The number of carbonyl (C=O) groups excluding carboxylic acids is 4. The minimum absolute atomic E-state index is 0.126. The smallest absolute Gasteiger partial charge is 0.354 e. The first-order chi connectivity index (χ1) is 12.3. The molecule has 0 heterocycles. The van der Waals surface area contributed by atoms with E-state index in [1.807, 2.05) is 0 Å². The Kier molecular flexibility index (Phi) is 8.56. The van der Waals surface area contributed by atoms with Gasteiger partial charge in [-0.05, 0) is 31.5 Å². The number of rotatable bonds is 8. The van der Waals surface area contributed by atoms with Gasteiger partial charge in [0, 0.05) is 12.2 Å². The van der Waals surface area contributed by atoms with E-state index in [1.165, 1.54) is 14.0 Å². The molecule has 1 unspecified atom stereocenters. The monoisotopic (exact) mass is 364 g/mol. The van der Waals surface area contributed by atoms with Crippen LogP contribution in [0.15, 0.2) is 36.4 Å². The van der Waals surface area contributed by atoms with Crippen LogP contribution in [0.4, 0.5) is 0 Å². The molecule has 26 heavy (non-hydrogen) atoms. The van der Waals surface area contributed by atoms with Gasteiger partial charge in [0.25, 0.3) is 0 Å². The summed E-state index contributed by atoms with van der Waals surface area (Å²) in [6.45, 7) is 3.03. The van der Waals surface area contributed by atoms with Crippen molar-refractivity contribution in [1.29, 1.82) is 0 Å². The van der Waals surface area contributed by atoms with E-state index in [0.717, 1.165) is 12.2 Å². The second kappa shape index (κ2) is 10.7. The van der Waals surface area contributed by atoms with E-state index in [-0.39, 0.29) is 13.0 Å². The zero-order valence-electron chi connectivity index (χ0n) is 14.7. The standard InChI is InChI=1S/C18H20O8/c1-4-24-15(19)9-10-16(20)25-12(2)18(22)26-17(21)11-13-5-7-14(23-3)8-6-13/h5-10,12H,4,11H2,1-3H3/b10-9+. The maximum atomic E-state index is 11.8. The molecule has 0 saturated carbocycles. The van der Waals surface area contributed by atoms with Crippen molar-refractivity contribution in [3.63, 3.8) is 0 Å². The normalized spacial score (nSPS) is 11.5. The van der Waals surface area contributed by atoms with Gasteiger partial charge in [-0.15, -0.1) is 0 Å². The highest BCUT2D eigenvalue weighted by molar-refractivity contribution is 5.94. The fourth-order valence-electron chi connectivity index (χ4n) is 1.73. The Morgan fingerprint density at radius 3 is 2.23 bits per heavy atom. The van der Waals surface area contributed by atoms with E-state index >= 15 is 0 Å². The quantitative estimate of drug-likeness (QED) is 0.295. The number of esters is 4. The Balaban J connectivity index is 2.46. The van der Waals surface area contributed by atoms with Crippen molar-refractivity contribution in [3.05, 3.63) is 42.0 Å². The number of benzene rings is 1. The zero-order valence-corrected chi connectivity index (χ0v) is 14.7.